The Morgan fingerprint density at radius 3 is 2.83 bits per heavy atom. The van der Waals surface area contributed by atoms with Gasteiger partial charge < -0.3 is 10.6 Å². The SMILES string of the molecule is CCNC(=NCc1ccc(C)nc1)NC1CN(C2CC2)CC1C. The molecule has 0 aromatic carbocycles. The predicted octanol–water partition coefficient (Wildman–Crippen LogP) is 1.93. The van der Waals surface area contributed by atoms with Gasteiger partial charge in [0.25, 0.3) is 0 Å². The van der Waals surface area contributed by atoms with Gasteiger partial charge in [-0.2, -0.15) is 0 Å². The lowest BCUT2D eigenvalue weighted by Gasteiger charge is -2.20. The first kappa shape index (κ1) is 16.2. The van der Waals surface area contributed by atoms with Crippen LogP contribution in [0.5, 0.6) is 0 Å². The third kappa shape index (κ3) is 4.44. The Hall–Kier alpha value is -1.62. The summed E-state index contributed by atoms with van der Waals surface area (Å²) in [5, 5.41) is 7.01. The molecule has 126 valence electrons. The molecular weight excluding hydrogens is 286 g/mol. The second-order valence-corrected chi connectivity index (χ2v) is 6.92. The van der Waals surface area contributed by atoms with Gasteiger partial charge in [-0.3, -0.25) is 9.88 Å². The summed E-state index contributed by atoms with van der Waals surface area (Å²) in [4.78, 5) is 11.7. The molecule has 1 aromatic heterocycles. The number of pyridine rings is 1. The van der Waals surface area contributed by atoms with Gasteiger partial charge in [0.15, 0.2) is 5.96 Å². The highest BCUT2D eigenvalue weighted by Gasteiger charge is 2.38. The van der Waals surface area contributed by atoms with Crippen molar-refractivity contribution >= 4 is 5.96 Å². The van der Waals surface area contributed by atoms with E-state index in [2.05, 4.69) is 40.4 Å². The predicted molar refractivity (Wildman–Crippen MR) is 94.5 cm³/mol. The minimum Gasteiger partial charge on any atom is -0.357 e. The second-order valence-electron chi connectivity index (χ2n) is 6.92. The summed E-state index contributed by atoms with van der Waals surface area (Å²) >= 11 is 0. The number of guanidine groups is 1. The highest BCUT2D eigenvalue weighted by molar-refractivity contribution is 5.80. The van der Waals surface area contributed by atoms with Crippen molar-refractivity contribution in [3.63, 3.8) is 0 Å². The van der Waals surface area contributed by atoms with E-state index in [0.717, 1.165) is 36.3 Å². The number of aromatic nitrogens is 1. The van der Waals surface area contributed by atoms with Gasteiger partial charge in [-0.25, -0.2) is 4.99 Å². The molecule has 23 heavy (non-hydrogen) atoms. The molecule has 2 unspecified atom stereocenters. The van der Waals surface area contributed by atoms with Crippen LogP contribution in [0, 0.1) is 12.8 Å². The van der Waals surface area contributed by atoms with E-state index in [9.17, 15) is 0 Å². The number of hydrogen-bond acceptors (Lipinski definition) is 3. The van der Waals surface area contributed by atoms with Crippen LogP contribution in [0.15, 0.2) is 23.3 Å². The number of nitrogens with zero attached hydrogens (tertiary/aromatic N) is 3. The Morgan fingerprint density at radius 2 is 2.17 bits per heavy atom. The summed E-state index contributed by atoms with van der Waals surface area (Å²) in [6.07, 6.45) is 4.68. The smallest absolute Gasteiger partial charge is 0.191 e. The maximum atomic E-state index is 4.73. The van der Waals surface area contributed by atoms with Crippen molar-refractivity contribution in [1.82, 2.24) is 20.5 Å². The number of hydrogen-bond donors (Lipinski definition) is 2. The highest BCUT2D eigenvalue weighted by atomic mass is 15.3. The third-order valence-electron chi connectivity index (χ3n) is 4.76. The van der Waals surface area contributed by atoms with E-state index in [4.69, 9.17) is 4.99 Å². The maximum Gasteiger partial charge on any atom is 0.191 e. The lowest BCUT2D eigenvalue weighted by molar-refractivity contribution is 0.315. The Balaban J connectivity index is 1.59. The van der Waals surface area contributed by atoms with Gasteiger partial charge in [0.2, 0.25) is 0 Å². The van der Waals surface area contributed by atoms with Gasteiger partial charge in [0.05, 0.1) is 6.54 Å². The Bertz CT molecular complexity index is 535. The fourth-order valence-electron chi connectivity index (χ4n) is 3.19. The van der Waals surface area contributed by atoms with Crippen LogP contribution in [-0.4, -0.2) is 47.6 Å². The van der Waals surface area contributed by atoms with Crippen LogP contribution < -0.4 is 10.6 Å². The Kier molecular flexibility index (Phi) is 5.16. The molecule has 2 atom stereocenters. The summed E-state index contributed by atoms with van der Waals surface area (Å²) in [5.74, 6) is 1.59. The molecule has 0 spiro atoms. The quantitative estimate of drug-likeness (QED) is 0.644. The molecule has 2 heterocycles. The molecule has 5 heteroatoms. The zero-order chi connectivity index (χ0) is 16.2. The number of aliphatic imine (C=N–C) groups is 1. The van der Waals surface area contributed by atoms with Crippen LogP contribution in [0.2, 0.25) is 0 Å². The zero-order valence-corrected chi connectivity index (χ0v) is 14.5. The first-order valence-corrected chi connectivity index (χ1v) is 8.86. The number of likely N-dealkylation sites (tertiary alicyclic amines) is 1. The molecule has 1 saturated carbocycles. The number of nitrogens with one attached hydrogen (secondary N) is 2. The molecule has 0 radical (unpaired) electrons. The summed E-state index contributed by atoms with van der Waals surface area (Å²) in [6.45, 7) is 10.4. The van der Waals surface area contributed by atoms with E-state index >= 15 is 0 Å². The van der Waals surface area contributed by atoms with Gasteiger partial charge in [-0.05, 0) is 44.2 Å². The molecule has 1 aliphatic carbocycles. The van der Waals surface area contributed by atoms with Crippen LogP contribution in [0.3, 0.4) is 0 Å². The van der Waals surface area contributed by atoms with E-state index in [-0.39, 0.29) is 0 Å². The van der Waals surface area contributed by atoms with Crippen LogP contribution in [0.25, 0.3) is 0 Å². The third-order valence-corrected chi connectivity index (χ3v) is 4.76. The minimum absolute atomic E-state index is 0.490. The monoisotopic (exact) mass is 315 g/mol. The molecule has 1 aliphatic heterocycles. The molecule has 0 amide bonds. The van der Waals surface area contributed by atoms with Gasteiger partial charge in [0, 0.05) is 43.6 Å². The summed E-state index contributed by atoms with van der Waals surface area (Å²) < 4.78 is 0. The van der Waals surface area contributed by atoms with Crippen LogP contribution in [-0.2, 0) is 6.54 Å². The molecule has 0 bridgehead atoms. The van der Waals surface area contributed by atoms with E-state index in [1.807, 2.05) is 19.2 Å². The lowest BCUT2D eigenvalue weighted by atomic mass is 10.1. The molecule has 2 aliphatic rings. The Labute approximate surface area is 139 Å². The molecule has 5 nitrogen and oxygen atoms in total. The summed E-state index contributed by atoms with van der Waals surface area (Å²) in [7, 11) is 0. The van der Waals surface area contributed by atoms with Gasteiger partial charge >= 0.3 is 0 Å². The van der Waals surface area contributed by atoms with Gasteiger partial charge in [-0.15, -0.1) is 0 Å². The van der Waals surface area contributed by atoms with Crippen molar-refractivity contribution in [3.8, 4) is 0 Å². The first-order valence-electron chi connectivity index (χ1n) is 8.86. The van der Waals surface area contributed by atoms with Crippen LogP contribution in [0.1, 0.15) is 37.9 Å². The summed E-state index contributed by atoms with van der Waals surface area (Å²) in [6, 6.07) is 5.48. The second kappa shape index (κ2) is 7.30. The highest BCUT2D eigenvalue weighted by Crippen LogP contribution is 2.31. The number of aryl methyl sites for hydroxylation is 1. The molecular formula is C18H29N5. The molecule has 3 rings (SSSR count). The van der Waals surface area contributed by atoms with E-state index in [1.54, 1.807) is 0 Å². The standard InChI is InChI=1S/C18H29N5/c1-4-19-18(21-10-15-6-5-14(3)20-9-15)22-17-12-23(11-13(17)2)16-7-8-16/h5-6,9,13,16-17H,4,7-8,10-12H2,1-3H3,(H2,19,21,22). The van der Waals surface area contributed by atoms with Gasteiger partial charge in [-0.1, -0.05) is 13.0 Å². The molecule has 2 N–H and O–H groups in total. The average molecular weight is 315 g/mol. The molecule has 2 fully saturated rings. The van der Waals surface area contributed by atoms with Crippen molar-refractivity contribution in [2.75, 3.05) is 19.6 Å². The number of rotatable bonds is 5. The normalized spacial score (nSPS) is 25.6. The summed E-state index contributed by atoms with van der Waals surface area (Å²) in [5.41, 5.74) is 2.19. The zero-order valence-electron chi connectivity index (χ0n) is 14.5. The lowest BCUT2D eigenvalue weighted by Crippen LogP contribution is -2.46. The maximum absolute atomic E-state index is 4.73. The largest absolute Gasteiger partial charge is 0.357 e. The van der Waals surface area contributed by atoms with E-state index in [1.165, 1.54) is 19.4 Å². The Morgan fingerprint density at radius 1 is 1.35 bits per heavy atom. The minimum atomic E-state index is 0.490. The van der Waals surface area contributed by atoms with Crippen molar-refractivity contribution < 1.29 is 0 Å². The fraction of sp³-hybridized carbons (Fsp3) is 0.667. The van der Waals surface area contributed by atoms with Crippen LogP contribution >= 0.6 is 0 Å². The molecule has 1 aromatic rings. The van der Waals surface area contributed by atoms with E-state index in [0.29, 0.717) is 18.5 Å². The van der Waals surface area contributed by atoms with Crippen molar-refractivity contribution in [2.45, 2.75) is 52.2 Å². The van der Waals surface area contributed by atoms with E-state index < -0.39 is 0 Å². The first-order chi connectivity index (χ1) is 11.2. The average Bonchev–Trinajstić information content (AvgIpc) is 3.32. The topological polar surface area (TPSA) is 52.6 Å². The van der Waals surface area contributed by atoms with Crippen LogP contribution in [0.4, 0.5) is 0 Å². The van der Waals surface area contributed by atoms with Gasteiger partial charge in [0.1, 0.15) is 0 Å². The van der Waals surface area contributed by atoms with Crippen molar-refractivity contribution in [3.05, 3.63) is 29.6 Å². The fourth-order valence-corrected chi connectivity index (χ4v) is 3.19. The van der Waals surface area contributed by atoms with Crippen molar-refractivity contribution in [1.29, 1.82) is 0 Å². The molecule has 1 saturated heterocycles. The van der Waals surface area contributed by atoms with Crippen molar-refractivity contribution in [2.24, 2.45) is 10.9 Å².